The highest BCUT2D eigenvalue weighted by molar-refractivity contribution is 6.02. The Morgan fingerprint density at radius 3 is 2.31 bits per heavy atom. The van der Waals surface area contributed by atoms with Gasteiger partial charge in [0.1, 0.15) is 5.41 Å². The molecule has 0 bridgehead atoms. The van der Waals surface area contributed by atoms with Crippen LogP contribution in [0.2, 0.25) is 0 Å². The van der Waals surface area contributed by atoms with Gasteiger partial charge in [0.2, 0.25) is 5.91 Å². The fourth-order valence-electron chi connectivity index (χ4n) is 2.09. The van der Waals surface area contributed by atoms with E-state index in [1.54, 1.807) is 11.9 Å². The maximum atomic E-state index is 12.1. The molecule has 1 N–H and O–H groups in total. The smallest absolute Gasteiger partial charge is 0.319 e. The van der Waals surface area contributed by atoms with Crippen molar-refractivity contribution in [3.05, 3.63) is 0 Å². The van der Waals surface area contributed by atoms with Gasteiger partial charge in [-0.1, -0.05) is 26.7 Å². The van der Waals surface area contributed by atoms with Crippen molar-refractivity contribution < 1.29 is 14.7 Å². The number of carboxylic acid groups (broad SMARTS) is 1. The third kappa shape index (κ3) is 2.20. The minimum absolute atomic E-state index is 0.216. The lowest BCUT2D eigenvalue weighted by Gasteiger charge is -2.39. The van der Waals surface area contributed by atoms with Gasteiger partial charge in [0.05, 0.1) is 0 Å². The number of carboxylic acids is 1. The second kappa shape index (κ2) is 4.85. The third-order valence-corrected chi connectivity index (χ3v) is 3.66. The zero-order chi connectivity index (χ0) is 12.3. The molecule has 1 saturated carbocycles. The van der Waals surface area contributed by atoms with Crippen molar-refractivity contribution in [2.75, 3.05) is 13.6 Å². The van der Waals surface area contributed by atoms with E-state index in [1.165, 1.54) is 0 Å². The van der Waals surface area contributed by atoms with Gasteiger partial charge in [-0.25, -0.2) is 0 Å². The summed E-state index contributed by atoms with van der Waals surface area (Å²) in [4.78, 5) is 24.8. The molecule has 0 radical (unpaired) electrons. The Labute approximate surface area is 96.6 Å². The lowest BCUT2D eigenvalue weighted by Crippen LogP contribution is -2.52. The highest BCUT2D eigenvalue weighted by Crippen LogP contribution is 2.42. The molecule has 1 aliphatic rings. The Morgan fingerprint density at radius 1 is 1.44 bits per heavy atom. The van der Waals surface area contributed by atoms with Crippen LogP contribution in [0.5, 0.6) is 0 Å². The van der Waals surface area contributed by atoms with Crippen LogP contribution in [0, 0.1) is 11.3 Å². The number of carbonyl (C=O) groups is 2. The average Bonchev–Trinajstić information content (AvgIpc) is 2.14. The number of aliphatic carboxylic acids is 1. The topological polar surface area (TPSA) is 57.6 Å². The molecule has 1 amide bonds. The van der Waals surface area contributed by atoms with E-state index in [4.69, 9.17) is 5.11 Å². The monoisotopic (exact) mass is 227 g/mol. The first-order valence-electron chi connectivity index (χ1n) is 5.93. The highest BCUT2D eigenvalue weighted by atomic mass is 16.4. The minimum Gasteiger partial charge on any atom is -0.480 e. The van der Waals surface area contributed by atoms with Crippen molar-refractivity contribution in [3.63, 3.8) is 0 Å². The lowest BCUT2D eigenvalue weighted by molar-refractivity contribution is -0.167. The Morgan fingerprint density at radius 2 is 2.00 bits per heavy atom. The van der Waals surface area contributed by atoms with Gasteiger partial charge in [0, 0.05) is 13.6 Å². The second-order valence-corrected chi connectivity index (χ2v) is 4.94. The summed E-state index contributed by atoms with van der Waals surface area (Å²) < 4.78 is 0. The van der Waals surface area contributed by atoms with E-state index in [9.17, 15) is 9.59 Å². The fourth-order valence-corrected chi connectivity index (χ4v) is 2.09. The zero-order valence-electron chi connectivity index (χ0n) is 10.3. The maximum absolute atomic E-state index is 12.1. The van der Waals surface area contributed by atoms with E-state index >= 15 is 0 Å². The van der Waals surface area contributed by atoms with Gasteiger partial charge in [0.15, 0.2) is 0 Å². The van der Waals surface area contributed by atoms with Crippen LogP contribution in [0.15, 0.2) is 0 Å². The van der Waals surface area contributed by atoms with Crippen LogP contribution in [-0.4, -0.2) is 35.5 Å². The summed E-state index contributed by atoms with van der Waals surface area (Å²) in [6.45, 7) is 4.78. The molecule has 4 nitrogen and oxygen atoms in total. The molecule has 4 heteroatoms. The van der Waals surface area contributed by atoms with Crippen LogP contribution in [0.3, 0.4) is 0 Å². The van der Waals surface area contributed by atoms with Crippen LogP contribution in [0.1, 0.15) is 39.5 Å². The Kier molecular flexibility index (Phi) is 3.94. The SMILES string of the molecule is CCC(C)CN(C)C(=O)C1(C(=O)O)CCC1. The van der Waals surface area contributed by atoms with Gasteiger partial charge in [-0.3, -0.25) is 9.59 Å². The van der Waals surface area contributed by atoms with Gasteiger partial charge < -0.3 is 10.0 Å². The molecule has 1 aliphatic carbocycles. The molecule has 1 fully saturated rings. The Bertz CT molecular complexity index is 284. The first kappa shape index (κ1) is 13.0. The summed E-state index contributed by atoms with van der Waals surface area (Å²) in [5, 5.41) is 9.15. The second-order valence-electron chi connectivity index (χ2n) is 4.94. The summed E-state index contributed by atoms with van der Waals surface area (Å²) in [6.07, 6.45) is 2.82. The van der Waals surface area contributed by atoms with Crippen molar-refractivity contribution in [1.82, 2.24) is 4.90 Å². The summed E-state index contributed by atoms with van der Waals surface area (Å²) in [7, 11) is 1.71. The molecule has 92 valence electrons. The fraction of sp³-hybridized carbons (Fsp3) is 0.833. The van der Waals surface area contributed by atoms with Crippen LogP contribution in [-0.2, 0) is 9.59 Å². The summed E-state index contributed by atoms with van der Waals surface area (Å²) in [6, 6.07) is 0. The number of rotatable bonds is 5. The molecule has 0 aromatic carbocycles. The number of nitrogens with zero attached hydrogens (tertiary/aromatic N) is 1. The van der Waals surface area contributed by atoms with Gasteiger partial charge in [-0.05, 0) is 18.8 Å². The van der Waals surface area contributed by atoms with Crippen molar-refractivity contribution in [2.24, 2.45) is 11.3 Å². The van der Waals surface area contributed by atoms with Gasteiger partial charge >= 0.3 is 5.97 Å². The first-order valence-corrected chi connectivity index (χ1v) is 5.93. The molecule has 1 rings (SSSR count). The van der Waals surface area contributed by atoms with Crippen LogP contribution >= 0.6 is 0 Å². The number of carbonyl (C=O) groups excluding carboxylic acids is 1. The molecule has 0 aliphatic heterocycles. The zero-order valence-corrected chi connectivity index (χ0v) is 10.3. The highest BCUT2D eigenvalue weighted by Gasteiger charge is 2.52. The van der Waals surface area contributed by atoms with E-state index in [1.807, 2.05) is 0 Å². The van der Waals surface area contributed by atoms with Gasteiger partial charge in [0.25, 0.3) is 0 Å². The molecular formula is C12H21NO3. The normalized spacial score (nSPS) is 19.7. The predicted molar refractivity (Wildman–Crippen MR) is 61.0 cm³/mol. The molecule has 1 atom stereocenters. The molecule has 16 heavy (non-hydrogen) atoms. The van der Waals surface area contributed by atoms with E-state index in [0.717, 1.165) is 12.8 Å². The predicted octanol–water partition coefficient (Wildman–Crippen LogP) is 1.75. The van der Waals surface area contributed by atoms with Gasteiger partial charge in [-0.2, -0.15) is 0 Å². The van der Waals surface area contributed by atoms with Crippen molar-refractivity contribution in [3.8, 4) is 0 Å². The van der Waals surface area contributed by atoms with E-state index in [0.29, 0.717) is 25.3 Å². The first-order chi connectivity index (χ1) is 7.44. The molecule has 0 aromatic rings. The number of hydrogen-bond acceptors (Lipinski definition) is 2. The van der Waals surface area contributed by atoms with Crippen molar-refractivity contribution in [1.29, 1.82) is 0 Å². The van der Waals surface area contributed by atoms with Crippen molar-refractivity contribution in [2.45, 2.75) is 39.5 Å². The number of amides is 1. The largest absolute Gasteiger partial charge is 0.480 e. The third-order valence-electron chi connectivity index (χ3n) is 3.66. The number of hydrogen-bond donors (Lipinski definition) is 1. The quantitative estimate of drug-likeness (QED) is 0.728. The Hall–Kier alpha value is -1.06. The van der Waals surface area contributed by atoms with Crippen LogP contribution in [0.25, 0.3) is 0 Å². The lowest BCUT2D eigenvalue weighted by atomic mass is 9.68. The summed E-state index contributed by atoms with van der Waals surface area (Å²) >= 11 is 0. The average molecular weight is 227 g/mol. The molecule has 0 spiro atoms. The van der Waals surface area contributed by atoms with E-state index in [-0.39, 0.29) is 5.91 Å². The summed E-state index contributed by atoms with van der Waals surface area (Å²) in [5.41, 5.74) is -1.11. The molecule has 0 heterocycles. The standard InChI is InChI=1S/C12H21NO3/c1-4-9(2)8-13(3)10(14)12(11(15)16)6-5-7-12/h9H,4-8H2,1-3H3,(H,15,16). The van der Waals surface area contributed by atoms with E-state index < -0.39 is 11.4 Å². The molecular weight excluding hydrogens is 206 g/mol. The molecule has 0 saturated heterocycles. The van der Waals surface area contributed by atoms with Crippen LogP contribution < -0.4 is 0 Å². The van der Waals surface area contributed by atoms with Gasteiger partial charge in [-0.15, -0.1) is 0 Å². The summed E-state index contributed by atoms with van der Waals surface area (Å²) in [5.74, 6) is -0.758. The minimum atomic E-state index is -1.11. The van der Waals surface area contributed by atoms with E-state index in [2.05, 4.69) is 13.8 Å². The molecule has 0 aromatic heterocycles. The molecule has 1 unspecified atom stereocenters. The maximum Gasteiger partial charge on any atom is 0.319 e. The van der Waals surface area contributed by atoms with Crippen LogP contribution in [0.4, 0.5) is 0 Å². The Balaban J connectivity index is 2.65. The van der Waals surface area contributed by atoms with Crippen molar-refractivity contribution >= 4 is 11.9 Å².